The van der Waals surface area contributed by atoms with Gasteiger partial charge in [-0.3, -0.25) is 9.59 Å². The molecule has 1 aromatic heterocycles. The van der Waals surface area contributed by atoms with E-state index in [-0.39, 0.29) is 60.7 Å². The Morgan fingerprint density at radius 3 is 2.68 bits per heavy atom. The maximum absolute atomic E-state index is 14.2. The fourth-order valence-corrected chi connectivity index (χ4v) is 2.80. The second kappa shape index (κ2) is 9.71. The first-order valence-corrected chi connectivity index (χ1v) is 9.16. The third-order valence-electron chi connectivity index (χ3n) is 4.19. The van der Waals surface area contributed by atoms with E-state index >= 15 is 0 Å². The van der Waals surface area contributed by atoms with Gasteiger partial charge in [0.2, 0.25) is 5.91 Å². The molecule has 0 spiro atoms. The molecule has 2 aromatic rings. The highest BCUT2D eigenvalue weighted by molar-refractivity contribution is 6.03. The number of allylic oxidation sites excluding steroid dienone is 1. The molecule has 12 heteroatoms. The highest BCUT2D eigenvalue weighted by atomic mass is 19.1. The van der Waals surface area contributed by atoms with Gasteiger partial charge in [-0.1, -0.05) is 6.07 Å². The van der Waals surface area contributed by atoms with Crippen molar-refractivity contribution < 1.29 is 23.5 Å². The van der Waals surface area contributed by atoms with E-state index < -0.39 is 23.1 Å². The average molecular weight is 431 g/mol. The maximum atomic E-state index is 14.2. The van der Waals surface area contributed by atoms with Crippen LogP contribution in [0.15, 0.2) is 30.1 Å². The monoisotopic (exact) mass is 431 g/mol. The molecular weight excluding hydrogens is 412 g/mol. The van der Waals surface area contributed by atoms with Crippen LogP contribution in [0, 0.1) is 17.0 Å². The lowest BCUT2D eigenvalue weighted by Gasteiger charge is -2.12. The van der Waals surface area contributed by atoms with E-state index in [1.165, 1.54) is 12.3 Å². The van der Waals surface area contributed by atoms with Gasteiger partial charge in [-0.2, -0.15) is 0 Å². The van der Waals surface area contributed by atoms with E-state index in [4.69, 9.17) is 10.5 Å². The van der Waals surface area contributed by atoms with Crippen LogP contribution in [0.5, 0.6) is 0 Å². The third-order valence-corrected chi connectivity index (χ3v) is 4.19. The van der Waals surface area contributed by atoms with Gasteiger partial charge in [0.15, 0.2) is 5.82 Å². The summed E-state index contributed by atoms with van der Waals surface area (Å²) in [7, 11) is 0. The predicted molar refractivity (Wildman–Crippen MR) is 107 cm³/mol. The molecule has 3 rings (SSSR count). The Hall–Kier alpha value is -3.93. The number of carbonyl (C=O) groups excluding carboxylic acids is 2. The normalized spacial score (nSPS) is 12.7. The lowest BCUT2D eigenvalue weighted by atomic mass is 10.1. The Morgan fingerprint density at radius 1 is 1.26 bits per heavy atom. The number of halogens is 2. The summed E-state index contributed by atoms with van der Waals surface area (Å²) in [4.78, 5) is 32.0. The van der Waals surface area contributed by atoms with Gasteiger partial charge < -0.3 is 31.8 Å². The number of aliphatic hydroxyl groups excluding tert-OH is 1. The van der Waals surface area contributed by atoms with Crippen molar-refractivity contribution in [1.29, 1.82) is 5.41 Å². The smallest absolute Gasteiger partial charge is 0.257 e. The summed E-state index contributed by atoms with van der Waals surface area (Å²) in [6.07, 6.45) is 2.21. The quantitative estimate of drug-likeness (QED) is 0.312. The van der Waals surface area contributed by atoms with Crippen molar-refractivity contribution in [1.82, 2.24) is 25.9 Å². The molecule has 2 heterocycles. The largest absolute Gasteiger partial charge is 0.395 e. The number of anilines is 1. The van der Waals surface area contributed by atoms with Gasteiger partial charge in [-0.05, 0) is 12.1 Å². The fraction of sp³-hybridized carbons (Fsp3) is 0.211. The van der Waals surface area contributed by atoms with E-state index in [1.807, 2.05) is 0 Å². The Bertz CT molecular complexity index is 1040. The van der Waals surface area contributed by atoms with Crippen molar-refractivity contribution in [3.05, 3.63) is 53.0 Å². The zero-order valence-electron chi connectivity index (χ0n) is 16.1. The second-order valence-electron chi connectivity index (χ2n) is 6.32. The minimum Gasteiger partial charge on any atom is -0.395 e. The molecule has 0 saturated heterocycles. The number of nitrogens with zero attached hydrogens (tertiary/aromatic N) is 2. The summed E-state index contributed by atoms with van der Waals surface area (Å²) in [5, 5.41) is 26.7. The summed E-state index contributed by atoms with van der Waals surface area (Å²) < 4.78 is 28.4. The third kappa shape index (κ3) is 4.98. The van der Waals surface area contributed by atoms with Crippen molar-refractivity contribution in [3.8, 4) is 11.4 Å². The van der Waals surface area contributed by atoms with Gasteiger partial charge in [0, 0.05) is 19.0 Å². The van der Waals surface area contributed by atoms with Crippen LogP contribution in [0.1, 0.15) is 16.1 Å². The van der Waals surface area contributed by atoms with Gasteiger partial charge >= 0.3 is 0 Å². The summed E-state index contributed by atoms with van der Waals surface area (Å²) in [5.41, 5.74) is 0.0250. The number of hydrogen-bond acceptors (Lipinski definition) is 8. The van der Waals surface area contributed by atoms with Gasteiger partial charge in [-0.15, -0.1) is 0 Å². The molecule has 2 amide bonds. The minimum atomic E-state index is -0.860. The van der Waals surface area contributed by atoms with Gasteiger partial charge in [0.25, 0.3) is 5.91 Å². The molecule has 0 radical (unpaired) electrons. The van der Waals surface area contributed by atoms with Crippen molar-refractivity contribution in [2.24, 2.45) is 0 Å². The topological polar surface area (TPSA) is 152 Å². The Kier molecular flexibility index (Phi) is 6.82. The number of hydrogen-bond donors (Lipinski definition) is 6. The molecule has 0 fully saturated rings. The van der Waals surface area contributed by atoms with Crippen molar-refractivity contribution >= 4 is 23.8 Å². The number of aliphatic hydroxyl groups is 1. The molecule has 0 bridgehead atoms. The average Bonchev–Trinajstić information content (AvgIpc) is 3.12. The second-order valence-corrected chi connectivity index (χ2v) is 6.32. The first-order chi connectivity index (χ1) is 14.9. The van der Waals surface area contributed by atoms with E-state index in [0.717, 1.165) is 18.3 Å². The van der Waals surface area contributed by atoms with Gasteiger partial charge in [0.1, 0.15) is 23.0 Å². The van der Waals surface area contributed by atoms with Crippen molar-refractivity contribution in [3.63, 3.8) is 0 Å². The summed E-state index contributed by atoms with van der Waals surface area (Å²) in [6.45, 7) is -0.160. The number of rotatable bonds is 9. The minimum absolute atomic E-state index is 0.0427. The highest BCUT2D eigenvalue weighted by Crippen LogP contribution is 2.29. The molecule has 0 aliphatic carbocycles. The Morgan fingerprint density at radius 2 is 2.00 bits per heavy atom. The van der Waals surface area contributed by atoms with E-state index in [9.17, 15) is 18.4 Å². The summed E-state index contributed by atoms with van der Waals surface area (Å²) >= 11 is 0. The number of fused-ring (bicyclic) bond motifs is 1. The molecule has 0 saturated carbocycles. The van der Waals surface area contributed by atoms with E-state index in [2.05, 4.69) is 31.2 Å². The predicted octanol–water partition coefficient (Wildman–Crippen LogP) is 0.266. The van der Waals surface area contributed by atoms with E-state index in [0.29, 0.717) is 0 Å². The summed E-state index contributed by atoms with van der Waals surface area (Å²) in [5.74, 6) is -2.87. The highest BCUT2D eigenvalue weighted by Gasteiger charge is 2.28. The number of aromatic nitrogens is 2. The van der Waals surface area contributed by atoms with Crippen molar-refractivity contribution in [2.45, 2.75) is 6.54 Å². The Balaban J connectivity index is 1.90. The fourth-order valence-electron chi connectivity index (χ4n) is 2.80. The maximum Gasteiger partial charge on any atom is 0.257 e. The van der Waals surface area contributed by atoms with Crippen LogP contribution < -0.4 is 21.3 Å². The molecule has 10 nitrogen and oxygen atoms in total. The molecule has 6 N–H and O–H groups in total. The molecular formula is C19H19F2N7O3. The first-order valence-electron chi connectivity index (χ1n) is 9.16. The number of amides is 2. The number of benzene rings is 1. The lowest BCUT2D eigenvalue weighted by Crippen LogP contribution is -2.33. The summed E-state index contributed by atoms with van der Waals surface area (Å²) in [6, 6.07) is 3.35. The molecule has 0 unspecified atom stereocenters. The number of nitrogens with one attached hydrogen (secondary N) is 5. The van der Waals surface area contributed by atoms with Crippen LogP contribution >= 0.6 is 0 Å². The van der Waals surface area contributed by atoms with E-state index in [1.54, 1.807) is 0 Å². The molecule has 1 aliphatic rings. The van der Waals surface area contributed by atoms with Gasteiger partial charge in [0.05, 0.1) is 36.7 Å². The number of carbonyl (C=O) groups is 2. The molecule has 1 aliphatic heterocycles. The zero-order chi connectivity index (χ0) is 22.4. The molecule has 162 valence electrons. The van der Waals surface area contributed by atoms with Crippen LogP contribution in [0.2, 0.25) is 0 Å². The van der Waals surface area contributed by atoms with Crippen molar-refractivity contribution in [2.75, 3.05) is 25.0 Å². The Labute approximate surface area is 175 Å². The molecule has 0 atom stereocenters. The van der Waals surface area contributed by atoms with Crippen LogP contribution in [0.3, 0.4) is 0 Å². The van der Waals surface area contributed by atoms with Crippen LogP contribution in [-0.2, 0) is 11.3 Å². The SMILES string of the molecule is N=C/C(=C\NCC(=O)NCCO)Nc1nc(-c2c(F)cccc2F)nc2c1C(=O)NC2. The zero-order valence-corrected chi connectivity index (χ0v) is 16.1. The molecule has 1 aromatic carbocycles. The van der Waals surface area contributed by atoms with Crippen LogP contribution in [-0.4, -0.2) is 52.8 Å². The standard InChI is InChI=1S/C19H19F2N7O3/c20-11-2-1-3-12(21)15(11)17-27-13-8-25-19(31)16(13)18(28-17)26-10(6-22)7-23-9-14(30)24-4-5-29/h1-3,6-7,22-23,29H,4-5,8-9H2,(H,24,30)(H,25,31)(H,26,27,28)/b10-7+,22-6?. The van der Waals surface area contributed by atoms with Gasteiger partial charge in [-0.25, -0.2) is 18.7 Å². The lowest BCUT2D eigenvalue weighted by molar-refractivity contribution is -0.120. The van der Waals surface area contributed by atoms with Crippen LogP contribution in [0.4, 0.5) is 14.6 Å². The molecule has 31 heavy (non-hydrogen) atoms. The first kappa shape index (κ1) is 21.8. The van der Waals surface area contributed by atoms with Crippen LogP contribution in [0.25, 0.3) is 11.4 Å².